The Hall–Kier alpha value is -1.55. The van der Waals surface area contributed by atoms with Gasteiger partial charge in [0.25, 0.3) is 0 Å². The largest absolute Gasteiger partial charge is 0.481 e. The SMILES string of the molecule is O=C(O)C1CC1(C(=O)O)c1cccc(Cl)c1. The van der Waals surface area contributed by atoms with Crippen molar-refractivity contribution < 1.29 is 19.8 Å². The van der Waals surface area contributed by atoms with Gasteiger partial charge in [0.1, 0.15) is 5.41 Å². The van der Waals surface area contributed by atoms with E-state index in [1.54, 1.807) is 18.2 Å². The molecule has 1 aromatic carbocycles. The number of carbonyl (C=O) groups is 2. The summed E-state index contributed by atoms with van der Waals surface area (Å²) in [6, 6.07) is 6.36. The average molecular weight is 241 g/mol. The van der Waals surface area contributed by atoms with Gasteiger partial charge in [-0.25, -0.2) is 0 Å². The van der Waals surface area contributed by atoms with E-state index < -0.39 is 23.3 Å². The Morgan fingerprint density at radius 1 is 1.38 bits per heavy atom. The molecule has 1 fully saturated rings. The van der Waals surface area contributed by atoms with E-state index in [4.69, 9.17) is 21.8 Å². The summed E-state index contributed by atoms with van der Waals surface area (Å²) < 4.78 is 0. The third-order valence-electron chi connectivity index (χ3n) is 2.98. The highest BCUT2D eigenvalue weighted by Gasteiger charge is 2.65. The number of hydrogen-bond acceptors (Lipinski definition) is 2. The van der Waals surface area contributed by atoms with Gasteiger partial charge >= 0.3 is 11.9 Å². The van der Waals surface area contributed by atoms with Crippen molar-refractivity contribution in [2.24, 2.45) is 5.92 Å². The number of rotatable bonds is 3. The molecule has 0 aromatic heterocycles. The molecule has 4 nitrogen and oxygen atoms in total. The number of carboxylic acid groups (broad SMARTS) is 2. The van der Waals surface area contributed by atoms with E-state index in [9.17, 15) is 9.59 Å². The molecule has 0 bridgehead atoms. The van der Waals surface area contributed by atoms with Crippen LogP contribution in [-0.2, 0) is 15.0 Å². The van der Waals surface area contributed by atoms with Gasteiger partial charge in [-0.1, -0.05) is 23.7 Å². The van der Waals surface area contributed by atoms with Crippen molar-refractivity contribution in [3.05, 3.63) is 34.9 Å². The molecule has 16 heavy (non-hydrogen) atoms. The molecule has 2 N–H and O–H groups in total. The minimum absolute atomic E-state index is 0.123. The molecule has 2 unspecified atom stereocenters. The number of carboxylic acids is 2. The van der Waals surface area contributed by atoms with E-state index in [2.05, 4.69) is 0 Å². The van der Waals surface area contributed by atoms with Gasteiger partial charge in [0.15, 0.2) is 0 Å². The number of halogens is 1. The maximum absolute atomic E-state index is 11.2. The predicted octanol–water partition coefficient (Wildman–Crippen LogP) is 1.77. The lowest BCUT2D eigenvalue weighted by atomic mass is 9.93. The van der Waals surface area contributed by atoms with Crippen LogP contribution < -0.4 is 0 Å². The normalized spacial score (nSPS) is 27.4. The summed E-state index contributed by atoms with van der Waals surface area (Å²) in [6.45, 7) is 0. The molecule has 0 amide bonds. The van der Waals surface area contributed by atoms with Gasteiger partial charge < -0.3 is 10.2 Å². The first-order valence-electron chi connectivity index (χ1n) is 4.70. The van der Waals surface area contributed by atoms with E-state index in [0.29, 0.717) is 10.6 Å². The molecule has 0 heterocycles. The zero-order valence-corrected chi connectivity index (χ0v) is 8.94. The zero-order valence-electron chi connectivity index (χ0n) is 8.18. The highest BCUT2D eigenvalue weighted by molar-refractivity contribution is 6.30. The number of aliphatic carboxylic acids is 2. The fourth-order valence-corrected chi connectivity index (χ4v) is 2.20. The van der Waals surface area contributed by atoms with Crippen molar-refractivity contribution in [1.82, 2.24) is 0 Å². The molecule has 1 aliphatic rings. The van der Waals surface area contributed by atoms with Gasteiger partial charge in [0.2, 0.25) is 0 Å². The van der Waals surface area contributed by atoms with Gasteiger partial charge in [-0.15, -0.1) is 0 Å². The fraction of sp³-hybridized carbons (Fsp3) is 0.273. The minimum atomic E-state index is -1.29. The molecule has 1 aromatic rings. The number of benzene rings is 1. The van der Waals surface area contributed by atoms with Crippen molar-refractivity contribution in [2.75, 3.05) is 0 Å². The second kappa shape index (κ2) is 3.49. The lowest BCUT2D eigenvalue weighted by molar-refractivity contribution is -0.145. The summed E-state index contributed by atoms with van der Waals surface area (Å²) in [5.41, 5.74) is -0.837. The van der Waals surface area contributed by atoms with Crippen LogP contribution >= 0.6 is 11.6 Å². The topological polar surface area (TPSA) is 74.6 Å². The summed E-state index contributed by atoms with van der Waals surface area (Å²) in [5.74, 6) is -3.05. The molecule has 84 valence electrons. The van der Waals surface area contributed by atoms with Crippen LogP contribution in [0.15, 0.2) is 24.3 Å². The predicted molar refractivity (Wildman–Crippen MR) is 56.5 cm³/mol. The van der Waals surface area contributed by atoms with E-state index >= 15 is 0 Å². The van der Waals surface area contributed by atoms with Crippen LogP contribution in [0.4, 0.5) is 0 Å². The summed E-state index contributed by atoms with van der Waals surface area (Å²) in [4.78, 5) is 22.0. The summed E-state index contributed by atoms with van der Waals surface area (Å²) >= 11 is 5.77. The average Bonchev–Trinajstić information content (AvgIpc) is 2.93. The highest BCUT2D eigenvalue weighted by atomic mass is 35.5. The van der Waals surface area contributed by atoms with Gasteiger partial charge in [-0.2, -0.15) is 0 Å². The molecular formula is C11H9ClO4. The molecule has 2 atom stereocenters. The highest BCUT2D eigenvalue weighted by Crippen LogP contribution is 2.54. The van der Waals surface area contributed by atoms with Gasteiger partial charge in [-0.05, 0) is 24.1 Å². The van der Waals surface area contributed by atoms with Gasteiger partial charge in [-0.3, -0.25) is 9.59 Å². The zero-order chi connectivity index (χ0) is 11.9. The van der Waals surface area contributed by atoms with Crippen LogP contribution in [0, 0.1) is 5.92 Å². The van der Waals surface area contributed by atoms with Crippen molar-refractivity contribution in [2.45, 2.75) is 11.8 Å². The molecule has 0 radical (unpaired) electrons. The smallest absolute Gasteiger partial charge is 0.315 e. The second-order valence-corrected chi connectivity index (χ2v) is 4.32. The van der Waals surface area contributed by atoms with Crippen LogP contribution in [-0.4, -0.2) is 22.2 Å². The lowest BCUT2D eigenvalue weighted by Gasteiger charge is -2.11. The Bertz CT molecular complexity index is 471. The molecular weight excluding hydrogens is 232 g/mol. The van der Waals surface area contributed by atoms with Crippen LogP contribution in [0.2, 0.25) is 5.02 Å². The Kier molecular flexibility index (Phi) is 2.39. The molecule has 5 heteroatoms. The Labute approximate surface area is 96.5 Å². The molecule has 0 saturated heterocycles. The van der Waals surface area contributed by atoms with Crippen molar-refractivity contribution in [1.29, 1.82) is 0 Å². The van der Waals surface area contributed by atoms with E-state index in [1.165, 1.54) is 6.07 Å². The quantitative estimate of drug-likeness (QED) is 0.844. The van der Waals surface area contributed by atoms with Crippen LogP contribution in [0.1, 0.15) is 12.0 Å². The van der Waals surface area contributed by atoms with Crippen molar-refractivity contribution >= 4 is 23.5 Å². The standard InChI is InChI=1S/C11H9ClO4/c12-7-3-1-2-6(4-7)11(10(15)16)5-8(11)9(13)14/h1-4,8H,5H2,(H,13,14)(H,15,16). The Balaban J connectivity index is 2.44. The van der Waals surface area contributed by atoms with E-state index in [1.807, 2.05) is 0 Å². The summed E-state index contributed by atoms with van der Waals surface area (Å²) in [6.07, 6.45) is 0.123. The van der Waals surface area contributed by atoms with Crippen molar-refractivity contribution in [3.63, 3.8) is 0 Å². The Morgan fingerprint density at radius 2 is 2.06 bits per heavy atom. The van der Waals surface area contributed by atoms with E-state index in [-0.39, 0.29) is 6.42 Å². The van der Waals surface area contributed by atoms with Crippen LogP contribution in [0.25, 0.3) is 0 Å². The van der Waals surface area contributed by atoms with Gasteiger partial charge in [0, 0.05) is 5.02 Å². The minimum Gasteiger partial charge on any atom is -0.481 e. The van der Waals surface area contributed by atoms with Crippen molar-refractivity contribution in [3.8, 4) is 0 Å². The van der Waals surface area contributed by atoms with Gasteiger partial charge in [0.05, 0.1) is 5.92 Å². The number of hydrogen-bond donors (Lipinski definition) is 2. The van der Waals surface area contributed by atoms with Crippen LogP contribution in [0.3, 0.4) is 0 Å². The molecule has 2 rings (SSSR count). The second-order valence-electron chi connectivity index (χ2n) is 3.88. The summed E-state index contributed by atoms with van der Waals surface area (Å²) in [7, 11) is 0. The first-order valence-corrected chi connectivity index (χ1v) is 5.08. The lowest BCUT2D eigenvalue weighted by Crippen LogP contribution is -2.25. The third kappa shape index (κ3) is 1.46. The molecule has 0 spiro atoms. The monoisotopic (exact) mass is 240 g/mol. The summed E-state index contributed by atoms with van der Waals surface area (Å²) in [5, 5.41) is 18.4. The first kappa shape index (κ1) is 11.0. The van der Waals surface area contributed by atoms with Crippen LogP contribution in [0.5, 0.6) is 0 Å². The maximum Gasteiger partial charge on any atom is 0.315 e. The molecule has 1 saturated carbocycles. The molecule has 1 aliphatic carbocycles. The van der Waals surface area contributed by atoms with E-state index in [0.717, 1.165) is 0 Å². The third-order valence-corrected chi connectivity index (χ3v) is 3.22. The molecule has 0 aliphatic heterocycles. The Morgan fingerprint density at radius 3 is 2.50 bits per heavy atom. The maximum atomic E-state index is 11.2. The first-order chi connectivity index (χ1) is 7.48. The fourth-order valence-electron chi connectivity index (χ4n) is 2.01.